The van der Waals surface area contributed by atoms with Crippen LogP contribution in [0.1, 0.15) is 29.4 Å². The fraction of sp³-hybridized carbons (Fsp3) is 0.320. The number of hydrogen-bond donors (Lipinski definition) is 3. The molecular weight excluding hydrogens is 464 g/mol. The van der Waals surface area contributed by atoms with Crippen LogP contribution in [0.2, 0.25) is 0 Å². The lowest BCUT2D eigenvalue weighted by atomic mass is 10.3. The smallest absolute Gasteiger partial charge is 0.132 e. The molecule has 2 aromatic rings. The lowest BCUT2D eigenvalue weighted by Gasteiger charge is -2.11. The molecule has 1 aliphatic heterocycles. The Morgan fingerprint density at radius 3 is 2.76 bits per heavy atom. The summed E-state index contributed by atoms with van der Waals surface area (Å²) < 4.78 is 5.31. The fourth-order valence-corrected chi connectivity index (χ4v) is 4.62. The molecule has 1 aromatic carbocycles. The first kappa shape index (κ1) is 27.5. The molecule has 1 aliphatic rings. The van der Waals surface area contributed by atoms with E-state index in [1.165, 1.54) is 5.57 Å². The van der Waals surface area contributed by atoms with E-state index in [9.17, 15) is 0 Å². The number of aromatic nitrogens is 1. The molecule has 0 amide bonds. The Hall–Kier alpha value is -2.72. The molecule has 3 rings (SSSR count). The van der Waals surface area contributed by atoms with Gasteiger partial charge in [0.1, 0.15) is 5.01 Å². The fourth-order valence-electron chi connectivity index (χ4n) is 2.73. The van der Waals surface area contributed by atoms with Crippen LogP contribution < -0.4 is 16.4 Å². The summed E-state index contributed by atoms with van der Waals surface area (Å²) in [6, 6.07) is 10.1. The van der Waals surface area contributed by atoms with Crippen molar-refractivity contribution in [2.24, 2.45) is 15.7 Å². The first-order chi connectivity index (χ1) is 16.6. The van der Waals surface area contributed by atoms with E-state index < -0.39 is 0 Å². The predicted octanol–water partition coefficient (Wildman–Crippen LogP) is 4.91. The number of nitrogens with one attached hydrogen (secondary N) is 2. The zero-order valence-electron chi connectivity index (χ0n) is 20.2. The molecule has 0 atom stereocenters. The lowest BCUT2D eigenvalue weighted by molar-refractivity contribution is 0.223. The lowest BCUT2D eigenvalue weighted by Crippen LogP contribution is -2.17. The number of thiazole rings is 1. The molecule has 0 spiro atoms. The highest BCUT2D eigenvalue weighted by molar-refractivity contribution is 8.07. The van der Waals surface area contributed by atoms with Crippen LogP contribution in [-0.2, 0) is 11.2 Å². The third-order valence-corrected chi connectivity index (χ3v) is 6.30. The Kier molecular flexibility index (Phi) is 13.0. The number of benzene rings is 1. The Labute approximate surface area is 211 Å². The van der Waals surface area contributed by atoms with Crippen molar-refractivity contribution in [3.8, 4) is 0 Å². The third-order valence-electron chi connectivity index (χ3n) is 4.27. The van der Waals surface area contributed by atoms with E-state index in [-0.39, 0.29) is 0 Å². The summed E-state index contributed by atoms with van der Waals surface area (Å²) >= 11 is 3.28. The van der Waals surface area contributed by atoms with E-state index in [0.29, 0.717) is 19.7 Å². The molecule has 2 heterocycles. The highest BCUT2D eigenvalue weighted by Gasteiger charge is 2.16. The predicted molar refractivity (Wildman–Crippen MR) is 150 cm³/mol. The van der Waals surface area contributed by atoms with Crippen LogP contribution in [-0.4, -0.2) is 50.6 Å². The van der Waals surface area contributed by atoms with Crippen LogP contribution in [0.4, 0.5) is 5.69 Å². The molecule has 0 fully saturated rings. The van der Waals surface area contributed by atoms with Crippen LogP contribution in [0.5, 0.6) is 0 Å². The summed E-state index contributed by atoms with van der Waals surface area (Å²) in [6.45, 7) is 5.72. The molecule has 0 radical (unpaired) electrons. The van der Waals surface area contributed by atoms with Gasteiger partial charge in [0.15, 0.2) is 0 Å². The molecule has 9 heteroatoms. The number of aliphatic imine (C=N–C) groups is 2. The van der Waals surface area contributed by atoms with Gasteiger partial charge in [0.2, 0.25) is 0 Å². The van der Waals surface area contributed by atoms with Crippen molar-refractivity contribution in [3.05, 3.63) is 75.7 Å². The van der Waals surface area contributed by atoms with Gasteiger partial charge in [-0.15, -0.1) is 23.1 Å². The van der Waals surface area contributed by atoms with Crippen molar-refractivity contribution < 1.29 is 4.74 Å². The van der Waals surface area contributed by atoms with Crippen molar-refractivity contribution in [1.29, 1.82) is 0 Å². The van der Waals surface area contributed by atoms with Crippen molar-refractivity contribution in [1.82, 2.24) is 10.3 Å². The Balaban J connectivity index is 0.000000310. The molecule has 0 unspecified atom stereocenters. The minimum absolute atomic E-state index is 0.461. The summed E-state index contributed by atoms with van der Waals surface area (Å²) in [5, 5.41) is 7.35. The Morgan fingerprint density at radius 2 is 2.09 bits per heavy atom. The summed E-state index contributed by atoms with van der Waals surface area (Å²) in [5.41, 5.74) is 9.85. The quantitative estimate of drug-likeness (QED) is 0.318. The van der Waals surface area contributed by atoms with Gasteiger partial charge in [0.25, 0.3) is 0 Å². The van der Waals surface area contributed by atoms with Gasteiger partial charge < -0.3 is 21.1 Å². The normalized spacial score (nSPS) is 12.9. The Bertz CT molecular complexity index is 1020. The van der Waals surface area contributed by atoms with Gasteiger partial charge in [-0.1, -0.05) is 29.8 Å². The third kappa shape index (κ3) is 9.64. The molecule has 0 bridgehead atoms. The number of fused-ring (bicyclic) bond motifs is 1. The van der Waals surface area contributed by atoms with Crippen molar-refractivity contribution in [2.75, 3.05) is 38.4 Å². The van der Waals surface area contributed by atoms with Crippen LogP contribution in [0, 0.1) is 0 Å². The van der Waals surface area contributed by atoms with E-state index in [4.69, 9.17) is 15.5 Å². The maximum absolute atomic E-state index is 5.44. The minimum Gasteiger partial charge on any atom is -0.378 e. The summed E-state index contributed by atoms with van der Waals surface area (Å²) in [6.07, 6.45) is 12.2. The largest absolute Gasteiger partial charge is 0.378 e. The van der Waals surface area contributed by atoms with E-state index in [2.05, 4.69) is 34.5 Å². The number of rotatable bonds is 10. The highest BCUT2D eigenvalue weighted by Crippen LogP contribution is 2.33. The second-order valence-electron chi connectivity index (χ2n) is 7.34. The molecule has 0 saturated carbocycles. The van der Waals surface area contributed by atoms with E-state index in [1.807, 2.05) is 61.3 Å². The molecular formula is C25H34N6OS2. The first-order valence-electron chi connectivity index (χ1n) is 10.9. The van der Waals surface area contributed by atoms with Gasteiger partial charge in [-0.2, -0.15) is 0 Å². The monoisotopic (exact) mass is 498 g/mol. The number of nitrogens with zero attached hydrogens (tertiary/aromatic N) is 3. The summed E-state index contributed by atoms with van der Waals surface area (Å²) in [5.74, 6) is 0. The van der Waals surface area contributed by atoms with Crippen molar-refractivity contribution in [2.45, 2.75) is 20.3 Å². The zero-order valence-corrected chi connectivity index (χ0v) is 21.9. The number of thioether (sulfide) groups is 1. The summed E-state index contributed by atoms with van der Waals surface area (Å²) in [4.78, 5) is 15.3. The minimum atomic E-state index is 0.461. The second-order valence-corrected chi connectivity index (χ2v) is 9.19. The number of methoxy groups -OCH3 is 1. The van der Waals surface area contributed by atoms with Gasteiger partial charge in [0.05, 0.1) is 40.7 Å². The molecule has 34 heavy (non-hydrogen) atoms. The average molecular weight is 499 g/mol. The highest BCUT2D eigenvalue weighted by atomic mass is 32.2. The first-order valence-corrected chi connectivity index (χ1v) is 13.0. The van der Waals surface area contributed by atoms with Gasteiger partial charge in [0, 0.05) is 38.2 Å². The van der Waals surface area contributed by atoms with E-state index in [1.54, 1.807) is 36.5 Å². The van der Waals surface area contributed by atoms with Gasteiger partial charge in [-0.05, 0) is 38.4 Å². The SMILES string of the molecule is CC(C)=CNc1ccccc1.COC/C(NC=NCCN)=C(/SC)c1nc2c(s1)C=NC=CC2. The number of hydrogen-bond acceptors (Lipinski definition) is 8. The van der Waals surface area contributed by atoms with Crippen molar-refractivity contribution >= 4 is 46.2 Å². The second kappa shape index (κ2) is 16.0. The molecule has 7 nitrogen and oxygen atoms in total. The molecule has 1 aromatic heterocycles. The van der Waals surface area contributed by atoms with Crippen LogP contribution >= 0.6 is 23.1 Å². The molecule has 4 N–H and O–H groups in total. The number of para-hydroxylation sites is 1. The standard InChI is InChI=1S/C15H21N5OS2.C10H13N/c1-21-9-12(19-10-18-7-5-16)14(22-2)15-20-11-4-3-6-17-8-13(11)23-15;1-9(2)8-11-10-6-4-3-5-7-10/h3,6,8,10H,4-5,7,9,16H2,1-2H3,(H,18,19);3-8,11H,1-2H3/b14-12-;. The topological polar surface area (TPSA) is 96.9 Å². The molecule has 0 saturated heterocycles. The maximum atomic E-state index is 5.44. The van der Waals surface area contributed by atoms with Crippen LogP contribution in [0.3, 0.4) is 0 Å². The maximum Gasteiger partial charge on any atom is 0.132 e. The molecule has 0 aliphatic carbocycles. The number of anilines is 1. The van der Waals surface area contributed by atoms with E-state index >= 15 is 0 Å². The van der Waals surface area contributed by atoms with Crippen molar-refractivity contribution in [3.63, 3.8) is 0 Å². The number of nitrogens with two attached hydrogens (primary N) is 1. The van der Waals surface area contributed by atoms with Crippen LogP contribution in [0.25, 0.3) is 4.91 Å². The van der Waals surface area contributed by atoms with Gasteiger partial charge in [-0.25, -0.2) is 4.98 Å². The Morgan fingerprint density at radius 1 is 1.29 bits per heavy atom. The average Bonchev–Trinajstić information content (AvgIpc) is 3.11. The summed E-state index contributed by atoms with van der Waals surface area (Å²) in [7, 11) is 1.67. The number of allylic oxidation sites excluding steroid dienone is 2. The zero-order chi connectivity index (χ0) is 24.6. The van der Waals surface area contributed by atoms with Gasteiger partial charge in [-0.3, -0.25) is 9.98 Å². The number of ether oxygens (including phenoxy) is 1. The van der Waals surface area contributed by atoms with Gasteiger partial charge >= 0.3 is 0 Å². The van der Waals surface area contributed by atoms with Crippen LogP contribution in [0.15, 0.2) is 70.1 Å². The molecule has 182 valence electrons. The van der Waals surface area contributed by atoms with E-state index in [0.717, 1.165) is 38.3 Å².